The highest BCUT2D eigenvalue weighted by atomic mass is 32.1. The molecule has 0 bridgehead atoms. The molecule has 0 saturated carbocycles. The molecule has 120 valence electrons. The highest BCUT2D eigenvalue weighted by molar-refractivity contribution is 7.13. The third kappa shape index (κ3) is 3.09. The van der Waals surface area contributed by atoms with Crippen molar-refractivity contribution >= 4 is 28.3 Å². The molecule has 3 rings (SSSR count). The summed E-state index contributed by atoms with van der Waals surface area (Å²) < 4.78 is 0. The fraction of sp³-hybridized carbons (Fsp3) is 0.667. The van der Waals surface area contributed by atoms with Crippen LogP contribution >= 0.6 is 11.3 Å². The van der Waals surface area contributed by atoms with Gasteiger partial charge in [0.25, 0.3) is 0 Å². The van der Waals surface area contributed by atoms with Crippen molar-refractivity contribution in [1.82, 2.24) is 14.8 Å². The van der Waals surface area contributed by atoms with E-state index in [0.717, 1.165) is 31.3 Å². The molecule has 0 aromatic carbocycles. The number of thiazole rings is 1. The first kappa shape index (κ1) is 15.3. The van der Waals surface area contributed by atoms with E-state index in [1.54, 1.807) is 16.2 Å². The van der Waals surface area contributed by atoms with E-state index in [2.05, 4.69) is 9.88 Å². The summed E-state index contributed by atoms with van der Waals surface area (Å²) >= 11 is 1.64. The molecule has 0 spiro atoms. The number of nitrogens with zero attached hydrogens (tertiary/aromatic N) is 4. The zero-order valence-electron chi connectivity index (χ0n) is 12.9. The SMILES string of the molecule is CCN1C[C@@H](C(=O)N2CCN(c3nccs3)CC2)CCC1=O. The molecular formula is C15H22N4O2S. The number of carbonyl (C=O) groups excluding carboxylic acids is 2. The third-order valence-electron chi connectivity index (χ3n) is 4.51. The minimum Gasteiger partial charge on any atom is -0.345 e. The fourth-order valence-corrected chi connectivity index (χ4v) is 3.87. The van der Waals surface area contributed by atoms with Gasteiger partial charge in [0.05, 0.1) is 5.92 Å². The lowest BCUT2D eigenvalue weighted by Crippen LogP contribution is -2.53. The normalized spacial score (nSPS) is 23.0. The Morgan fingerprint density at radius 2 is 2.14 bits per heavy atom. The summed E-state index contributed by atoms with van der Waals surface area (Å²) in [5.41, 5.74) is 0. The van der Waals surface area contributed by atoms with E-state index in [9.17, 15) is 9.59 Å². The van der Waals surface area contributed by atoms with Crippen LogP contribution in [0.1, 0.15) is 19.8 Å². The molecule has 1 aromatic rings. The predicted molar refractivity (Wildman–Crippen MR) is 85.9 cm³/mol. The highest BCUT2D eigenvalue weighted by Gasteiger charge is 2.33. The van der Waals surface area contributed by atoms with E-state index in [4.69, 9.17) is 0 Å². The maximum Gasteiger partial charge on any atom is 0.227 e. The maximum absolute atomic E-state index is 12.7. The van der Waals surface area contributed by atoms with Crippen LogP contribution in [0.15, 0.2) is 11.6 Å². The van der Waals surface area contributed by atoms with E-state index < -0.39 is 0 Å². The van der Waals surface area contributed by atoms with E-state index in [-0.39, 0.29) is 17.7 Å². The molecule has 0 N–H and O–H groups in total. The number of hydrogen-bond acceptors (Lipinski definition) is 5. The van der Waals surface area contributed by atoms with Crippen molar-refractivity contribution in [2.24, 2.45) is 5.92 Å². The largest absolute Gasteiger partial charge is 0.345 e. The average Bonchev–Trinajstić information content (AvgIpc) is 3.09. The summed E-state index contributed by atoms with van der Waals surface area (Å²) in [6.07, 6.45) is 3.01. The first-order valence-electron chi connectivity index (χ1n) is 7.90. The minimum atomic E-state index is -0.0240. The van der Waals surface area contributed by atoms with Crippen molar-refractivity contribution < 1.29 is 9.59 Å². The van der Waals surface area contributed by atoms with Gasteiger partial charge >= 0.3 is 0 Å². The summed E-state index contributed by atoms with van der Waals surface area (Å²) in [6, 6.07) is 0. The van der Waals surface area contributed by atoms with E-state index in [1.807, 2.05) is 23.4 Å². The molecular weight excluding hydrogens is 300 g/mol. The zero-order chi connectivity index (χ0) is 15.5. The van der Waals surface area contributed by atoms with Gasteiger partial charge < -0.3 is 14.7 Å². The lowest BCUT2D eigenvalue weighted by atomic mass is 9.95. The van der Waals surface area contributed by atoms with E-state index >= 15 is 0 Å². The van der Waals surface area contributed by atoms with Crippen LogP contribution in [0, 0.1) is 5.92 Å². The molecule has 0 radical (unpaired) electrons. The van der Waals surface area contributed by atoms with Crippen LogP contribution in [0.3, 0.4) is 0 Å². The first-order valence-corrected chi connectivity index (χ1v) is 8.78. The zero-order valence-corrected chi connectivity index (χ0v) is 13.7. The Kier molecular flexibility index (Phi) is 4.61. The molecule has 2 saturated heterocycles. The van der Waals surface area contributed by atoms with Crippen LogP contribution in [-0.4, -0.2) is 65.9 Å². The van der Waals surface area contributed by atoms with E-state index in [1.165, 1.54) is 0 Å². The Morgan fingerprint density at radius 3 is 2.77 bits per heavy atom. The van der Waals surface area contributed by atoms with Gasteiger partial charge in [0, 0.05) is 57.3 Å². The highest BCUT2D eigenvalue weighted by Crippen LogP contribution is 2.22. The van der Waals surface area contributed by atoms with Crippen LogP contribution in [0.4, 0.5) is 5.13 Å². The second-order valence-electron chi connectivity index (χ2n) is 5.79. The third-order valence-corrected chi connectivity index (χ3v) is 5.34. The molecule has 3 heterocycles. The van der Waals surface area contributed by atoms with Crippen molar-refractivity contribution in [2.45, 2.75) is 19.8 Å². The summed E-state index contributed by atoms with van der Waals surface area (Å²) in [5.74, 6) is 0.369. The van der Waals surface area contributed by atoms with Crippen molar-refractivity contribution in [3.63, 3.8) is 0 Å². The quantitative estimate of drug-likeness (QED) is 0.835. The van der Waals surface area contributed by atoms with Gasteiger partial charge in [0.2, 0.25) is 11.8 Å². The monoisotopic (exact) mass is 322 g/mol. The summed E-state index contributed by atoms with van der Waals surface area (Å²) in [6.45, 7) is 6.41. The molecule has 1 atom stereocenters. The predicted octanol–water partition coefficient (Wildman–Crippen LogP) is 1.05. The van der Waals surface area contributed by atoms with Crippen molar-refractivity contribution in [1.29, 1.82) is 0 Å². The fourth-order valence-electron chi connectivity index (χ4n) is 3.17. The second-order valence-corrected chi connectivity index (χ2v) is 6.67. The molecule has 7 heteroatoms. The van der Waals surface area contributed by atoms with Gasteiger partial charge in [0.1, 0.15) is 0 Å². The second kappa shape index (κ2) is 6.64. The van der Waals surface area contributed by atoms with Crippen LogP contribution in [0.25, 0.3) is 0 Å². The molecule has 1 aromatic heterocycles. The number of hydrogen-bond donors (Lipinski definition) is 0. The summed E-state index contributed by atoms with van der Waals surface area (Å²) in [4.78, 5) is 34.7. The minimum absolute atomic E-state index is 0.0240. The average molecular weight is 322 g/mol. The molecule has 2 amide bonds. The maximum atomic E-state index is 12.7. The summed E-state index contributed by atoms with van der Waals surface area (Å²) in [5, 5.41) is 3.01. The van der Waals surface area contributed by atoms with E-state index in [0.29, 0.717) is 25.9 Å². The number of carbonyl (C=O) groups is 2. The molecule has 0 unspecified atom stereocenters. The number of aromatic nitrogens is 1. The lowest BCUT2D eigenvalue weighted by Gasteiger charge is -2.38. The van der Waals surface area contributed by atoms with Crippen LogP contribution in [-0.2, 0) is 9.59 Å². The van der Waals surface area contributed by atoms with Crippen LogP contribution in [0.2, 0.25) is 0 Å². The van der Waals surface area contributed by atoms with Crippen LogP contribution in [0.5, 0.6) is 0 Å². The van der Waals surface area contributed by atoms with Crippen molar-refractivity contribution in [3.05, 3.63) is 11.6 Å². The van der Waals surface area contributed by atoms with Crippen molar-refractivity contribution in [3.8, 4) is 0 Å². The topological polar surface area (TPSA) is 56.8 Å². The Balaban J connectivity index is 1.54. The van der Waals surface area contributed by atoms with Crippen LogP contribution < -0.4 is 4.90 Å². The van der Waals surface area contributed by atoms with Gasteiger partial charge in [-0.1, -0.05) is 0 Å². The Morgan fingerprint density at radius 1 is 1.36 bits per heavy atom. The first-order chi connectivity index (χ1) is 10.7. The van der Waals surface area contributed by atoms with Gasteiger partial charge in [0.15, 0.2) is 5.13 Å². The Labute approximate surface area is 134 Å². The summed E-state index contributed by atoms with van der Waals surface area (Å²) in [7, 11) is 0. The number of piperazine rings is 1. The lowest BCUT2D eigenvalue weighted by molar-refractivity contribution is -0.143. The van der Waals surface area contributed by atoms with Gasteiger partial charge in [-0.2, -0.15) is 0 Å². The Hall–Kier alpha value is -1.63. The molecule has 2 aliphatic rings. The number of anilines is 1. The van der Waals surface area contributed by atoms with Gasteiger partial charge in [-0.25, -0.2) is 4.98 Å². The standard InChI is InChI=1S/C15H22N4O2S/c1-2-17-11-12(3-4-13(17)20)14(21)18-6-8-19(9-7-18)15-16-5-10-22-15/h5,10,12H,2-4,6-9,11H2,1H3/t12-/m0/s1. The van der Waals surface area contributed by atoms with Gasteiger partial charge in [-0.05, 0) is 13.3 Å². The molecule has 2 fully saturated rings. The molecule has 0 aliphatic carbocycles. The number of amides is 2. The Bertz CT molecular complexity index is 526. The number of likely N-dealkylation sites (tertiary alicyclic amines) is 1. The molecule has 22 heavy (non-hydrogen) atoms. The number of rotatable bonds is 3. The van der Waals surface area contributed by atoms with Gasteiger partial charge in [-0.3, -0.25) is 9.59 Å². The molecule has 6 nitrogen and oxygen atoms in total. The molecule has 2 aliphatic heterocycles. The smallest absolute Gasteiger partial charge is 0.227 e. The van der Waals surface area contributed by atoms with Crippen molar-refractivity contribution in [2.75, 3.05) is 44.2 Å². The van der Waals surface area contributed by atoms with Gasteiger partial charge in [-0.15, -0.1) is 11.3 Å². The number of piperidine rings is 1.